The number of nitrogen functional groups attached to an aromatic ring is 1. The number of ketones is 1. The number of carbonyl (C=O) groups is 2. The van der Waals surface area contributed by atoms with Crippen LogP contribution in [0.4, 0.5) is 5.69 Å². The van der Waals surface area contributed by atoms with Gasteiger partial charge in [0.1, 0.15) is 17.0 Å². The molecule has 3 unspecified atom stereocenters. The molecule has 0 saturated carbocycles. The quantitative estimate of drug-likeness (QED) is 0.271. The van der Waals surface area contributed by atoms with Crippen molar-refractivity contribution >= 4 is 38.8 Å². The SMILES string of the molecule is Cc1cc(Oc2ccccc2)ccc1C1(N)C(=O)C(N)c2c(C(=O)NC3CCCN(C)C3)sc3c(N)ccc1c23. The normalized spacial score (nSPS) is 22.9. The molecular formula is C31H33N5O3S. The summed E-state index contributed by atoms with van der Waals surface area (Å²) in [5.74, 6) is 0.750. The zero-order valence-corrected chi connectivity index (χ0v) is 23.4. The number of nitrogens with two attached hydrogens (primary N) is 3. The summed E-state index contributed by atoms with van der Waals surface area (Å²) in [4.78, 5) is 30.3. The molecule has 1 saturated heterocycles. The van der Waals surface area contributed by atoms with Crippen LogP contribution < -0.4 is 27.3 Å². The molecule has 6 rings (SSSR count). The van der Waals surface area contributed by atoms with Crippen LogP contribution in [-0.4, -0.2) is 42.8 Å². The van der Waals surface area contributed by atoms with Gasteiger partial charge in [-0.25, -0.2) is 0 Å². The number of hydrogen-bond donors (Lipinski definition) is 4. The number of likely N-dealkylation sites (tertiary alicyclic amines) is 1. The molecule has 0 spiro atoms. The Morgan fingerprint density at radius 3 is 2.58 bits per heavy atom. The third-order valence-electron chi connectivity index (χ3n) is 8.08. The molecule has 40 heavy (non-hydrogen) atoms. The maximum absolute atomic E-state index is 14.1. The Balaban J connectivity index is 1.43. The molecule has 1 amide bonds. The summed E-state index contributed by atoms with van der Waals surface area (Å²) >= 11 is 1.28. The van der Waals surface area contributed by atoms with Gasteiger partial charge in [0, 0.05) is 29.2 Å². The zero-order chi connectivity index (χ0) is 28.2. The van der Waals surface area contributed by atoms with Gasteiger partial charge in [0.2, 0.25) is 0 Å². The summed E-state index contributed by atoms with van der Waals surface area (Å²) in [6.07, 6.45) is 1.92. The fourth-order valence-electron chi connectivity index (χ4n) is 6.13. The maximum Gasteiger partial charge on any atom is 0.262 e. The van der Waals surface area contributed by atoms with Crippen molar-refractivity contribution in [3.63, 3.8) is 0 Å². The van der Waals surface area contributed by atoms with Crippen LogP contribution in [0.25, 0.3) is 10.1 Å². The molecule has 0 radical (unpaired) electrons. The maximum atomic E-state index is 14.1. The lowest BCUT2D eigenvalue weighted by Gasteiger charge is -2.37. The average molecular weight is 556 g/mol. The lowest BCUT2D eigenvalue weighted by molar-refractivity contribution is -0.124. The van der Waals surface area contributed by atoms with Gasteiger partial charge in [-0.05, 0) is 80.4 Å². The molecule has 1 fully saturated rings. The minimum Gasteiger partial charge on any atom is -0.457 e. The van der Waals surface area contributed by atoms with Crippen molar-refractivity contribution in [3.05, 3.63) is 87.8 Å². The van der Waals surface area contributed by atoms with Crippen LogP contribution in [0.2, 0.25) is 0 Å². The first kappa shape index (κ1) is 26.5. The number of anilines is 1. The minimum atomic E-state index is -1.52. The summed E-state index contributed by atoms with van der Waals surface area (Å²) in [6, 6.07) is 17.5. The van der Waals surface area contributed by atoms with Crippen LogP contribution in [0.3, 0.4) is 0 Å². The molecule has 206 valence electrons. The van der Waals surface area contributed by atoms with Gasteiger partial charge < -0.3 is 32.2 Å². The number of benzene rings is 3. The summed E-state index contributed by atoms with van der Waals surface area (Å²) in [5.41, 5.74) is 21.7. The summed E-state index contributed by atoms with van der Waals surface area (Å²) < 4.78 is 6.72. The summed E-state index contributed by atoms with van der Waals surface area (Å²) in [5, 5.41) is 3.87. The van der Waals surface area contributed by atoms with E-state index in [0.29, 0.717) is 44.1 Å². The van der Waals surface area contributed by atoms with Gasteiger partial charge in [-0.1, -0.05) is 30.3 Å². The summed E-state index contributed by atoms with van der Waals surface area (Å²) in [6.45, 7) is 3.69. The van der Waals surface area contributed by atoms with Crippen molar-refractivity contribution in [2.45, 2.75) is 37.4 Å². The molecule has 7 N–H and O–H groups in total. The van der Waals surface area contributed by atoms with Gasteiger partial charge in [-0.15, -0.1) is 11.3 Å². The first-order valence-corrected chi connectivity index (χ1v) is 14.3. The fraction of sp³-hybridized carbons (Fsp3) is 0.290. The number of hydrogen-bond acceptors (Lipinski definition) is 8. The van der Waals surface area contributed by atoms with Crippen molar-refractivity contribution < 1.29 is 14.3 Å². The van der Waals surface area contributed by atoms with Crippen LogP contribution >= 0.6 is 11.3 Å². The molecule has 1 aliphatic carbocycles. The number of ether oxygens (including phenoxy) is 1. The molecule has 0 bridgehead atoms. The fourth-order valence-corrected chi connectivity index (χ4v) is 7.33. The van der Waals surface area contributed by atoms with Crippen molar-refractivity contribution in [1.82, 2.24) is 10.2 Å². The Hall–Kier alpha value is -3.76. The van der Waals surface area contributed by atoms with Crippen LogP contribution in [0.1, 0.15) is 50.8 Å². The predicted molar refractivity (Wildman–Crippen MR) is 159 cm³/mol. The Morgan fingerprint density at radius 1 is 1.10 bits per heavy atom. The number of likely N-dealkylation sites (N-methyl/N-ethyl adjacent to an activating group) is 1. The Kier molecular flexibility index (Phi) is 6.62. The third-order valence-corrected chi connectivity index (χ3v) is 9.33. The number of para-hydroxylation sites is 1. The molecule has 2 heterocycles. The Labute approximate surface area is 237 Å². The minimum absolute atomic E-state index is 0.0314. The second kappa shape index (κ2) is 10.0. The number of aryl methyl sites for hydroxylation is 1. The molecule has 4 aromatic rings. The van der Waals surface area contributed by atoms with E-state index in [1.54, 1.807) is 18.2 Å². The average Bonchev–Trinajstić information content (AvgIpc) is 3.34. The number of piperidine rings is 1. The van der Waals surface area contributed by atoms with Gasteiger partial charge in [0.05, 0.1) is 15.6 Å². The first-order valence-electron chi connectivity index (χ1n) is 13.5. The van der Waals surface area contributed by atoms with Gasteiger partial charge in [0.15, 0.2) is 5.78 Å². The molecular weight excluding hydrogens is 522 g/mol. The molecule has 3 atom stereocenters. The second-order valence-corrected chi connectivity index (χ2v) is 11.9. The van der Waals surface area contributed by atoms with Crippen LogP contribution in [-0.2, 0) is 10.3 Å². The molecule has 1 aliphatic heterocycles. The lowest BCUT2D eigenvalue weighted by Crippen LogP contribution is -2.53. The van der Waals surface area contributed by atoms with E-state index < -0.39 is 11.6 Å². The number of nitrogens with zero attached hydrogens (tertiary/aromatic N) is 1. The lowest BCUT2D eigenvalue weighted by atomic mass is 9.69. The molecule has 8 nitrogen and oxygen atoms in total. The Bertz CT molecular complexity index is 1640. The van der Waals surface area contributed by atoms with Crippen LogP contribution in [0.5, 0.6) is 11.5 Å². The third kappa shape index (κ3) is 4.26. The van der Waals surface area contributed by atoms with Crippen LogP contribution in [0, 0.1) is 6.92 Å². The number of rotatable bonds is 5. The van der Waals surface area contributed by atoms with Gasteiger partial charge in [-0.3, -0.25) is 9.59 Å². The standard InChI is InChI=1S/C31H33N5O3S/c1-17-15-20(39-19-8-4-3-5-9-19)10-11-21(17)31(34)22-12-13-23(32)27-24(22)25(26(33)29(31)37)28(40-27)30(38)35-18-7-6-14-36(2)16-18/h3-5,8-13,15,18,26H,6-7,14,16,32-34H2,1-2H3,(H,35,38). The number of amides is 1. The van der Waals surface area contributed by atoms with E-state index in [0.717, 1.165) is 36.2 Å². The largest absolute Gasteiger partial charge is 0.457 e. The van der Waals surface area contributed by atoms with Gasteiger partial charge in [0.25, 0.3) is 5.91 Å². The number of nitrogens with one attached hydrogen (secondary N) is 1. The number of Topliss-reactive ketones (excluding diaryl/α,β-unsaturated/α-hetero) is 1. The number of thiophene rings is 1. The molecule has 2 aliphatic rings. The van der Waals surface area contributed by atoms with Crippen molar-refractivity contribution in [3.8, 4) is 11.5 Å². The van der Waals surface area contributed by atoms with E-state index in [-0.39, 0.29) is 17.7 Å². The van der Waals surface area contributed by atoms with E-state index in [1.165, 1.54) is 11.3 Å². The monoisotopic (exact) mass is 555 g/mol. The highest BCUT2D eigenvalue weighted by molar-refractivity contribution is 7.21. The highest BCUT2D eigenvalue weighted by Crippen LogP contribution is 2.50. The molecule has 3 aromatic carbocycles. The topological polar surface area (TPSA) is 137 Å². The second-order valence-electron chi connectivity index (χ2n) is 10.9. The zero-order valence-electron chi connectivity index (χ0n) is 22.6. The van der Waals surface area contributed by atoms with E-state index in [1.807, 2.05) is 56.4 Å². The van der Waals surface area contributed by atoms with Gasteiger partial charge in [-0.2, -0.15) is 0 Å². The van der Waals surface area contributed by atoms with Gasteiger partial charge >= 0.3 is 0 Å². The van der Waals surface area contributed by atoms with E-state index in [4.69, 9.17) is 21.9 Å². The predicted octanol–water partition coefficient (Wildman–Crippen LogP) is 4.19. The van der Waals surface area contributed by atoms with Crippen molar-refractivity contribution in [2.24, 2.45) is 11.5 Å². The summed E-state index contributed by atoms with van der Waals surface area (Å²) in [7, 11) is 2.05. The van der Waals surface area contributed by atoms with Crippen LogP contribution in [0.15, 0.2) is 60.7 Å². The highest BCUT2D eigenvalue weighted by Gasteiger charge is 2.49. The highest BCUT2D eigenvalue weighted by atomic mass is 32.1. The Morgan fingerprint density at radius 2 is 1.85 bits per heavy atom. The van der Waals surface area contributed by atoms with Crippen molar-refractivity contribution in [1.29, 1.82) is 0 Å². The first-order chi connectivity index (χ1) is 19.2. The smallest absolute Gasteiger partial charge is 0.262 e. The molecule has 9 heteroatoms. The number of carbonyl (C=O) groups excluding carboxylic acids is 2. The van der Waals surface area contributed by atoms with E-state index in [2.05, 4.69) is 10.2 Å². The van der Waals surface area contributed by atoms with E-state index in [9.17, 15) is 9.59 Å². The molecule has 1 aromatic heterocycles. The van der Waals surface area contributed by atoms with E-state index >= 15 is 0 Å². The van der Waals surface area contributed by atoms with Crippen molar-refractivity contribution in [2.75, 3.05) is 25.9 Å².